The molecule has 1 radical (unpaired) electrons. The van der Waals surface area contributed by atoms with Crippen molar-refractivity contribution in [2.45, 2.75) is 6.92 Å². The molecule has 115 valence electrons. The van der Waals surface area contributed by atoms with Gasteiger partial charge in [-0.3, -0.25) is 4.79 Å². The van der Waals surface area contributed by atoms with E-state index < -0.39 is 0 Å². The molecule has 0 aliphatic rings. The van der Waals surface area contributed by atoms with Gasteiger partial charge in [0.2, 0.25) is 0 Å². The summed E-state index contributed by atoms with van der Waals surface area (Å²) in [6.07, 6.45) is 0. The van der Waals surface area contributed by atoms with Crippen LogP contribution in [0.4, 0.5) is 0 Å². The van der Waals surface area contributed by atoms with Crippen LogP contribution in [0.3, 0.4) is 0 Å². The van der Waals surface area contributed by atoms with E-state index in [-0.39, 0.29) is 33.0 Å². The van der Waals surface area contributed by atoms with Crippen LogP contribution in [0, 0.1) is 6.92 Å². The summed E-state index contributed by atoms with van der Waals surface area (Å²) in [5, 5.41) is 1.57. The third kappa shape index (κ3) is 4.18. The molecule has 1 unspecified atom stereocenters. The monoisotopic (exact) mass is 345 g/mol. The van der Waals surface area contributed by atoms with Crippen LogP contribution < -0.4 is 5.30 Å². The molecule has 0 N–H and O–H groups in total. The summed E-state index contributed by atoms with van der Waals surface area (Å²) in [4.78, 5) is 12.8. The van der Waals surface area contributed by atoms with Crippen molar-refractivity contribution >= 4 is 49.9 Å². The van der Waals surface area contributed by atoms with Crippen LogP contribution in [0.25, 0.3) is 11.1 Å². The third-order valence-electron chi connectivity index (χ3n) is 3.71. The van der Waals surface area contributed by atoms with Crippen molar-refractivity contribution in [3.05, 3.63) is 88.9 Å². The van der Waals surface area contributed by atoms with Gasteiger partial charge in [-0.05, 0) is 43.6 Å². The Morgan fingerprint density at radius 2 is 1.54 bits per heavy atom. The molecule has 0 aliphatic carbocycles. The molecular weight excluding hydrogens is 330 g/mol. The molecule has 3 aromatic rings. The van der Waals surface area contributed by atoms with Gasteiger partial charge in [0, 0.05) is 24.4 Å². The standard InChI is InChI=1S/C20H16ClOP.Li/c1-14-8-7-12-17(21)19(14)20(22)23-18-13-6-5-11-16(18)15-9-3-2-4-10-15;/h2-13,23H,1H3;. The maximum Gasteiger partial charge on any atom is 0.187 e. The van der Waals surface area contributed by atoms with E-state index in [2.05, 4.69) is 18.2 Å². The molecule has 1 nitrogen and oxygen atoms in total. The van der Waals surface area contributed by atoms with Crippen LogP contribution in [-0.4, -0.2) is 24.4 Å². The number of carbonyl (C=O) groups excluding carboxylic acids is 1. The second-order valence-electron chi connectivity index (χ2n) is 5.30. The Bertz CT molecular complexity index is 829. The second kappa shape index (κ2) is 8.66. The van der Waals surface area contributed by atoms with E-state index in [1.807, 2.05) is 55.5 Å². The molecule has 0 fully saturated rings. The van der Waals surface area contributed by atoms with Crippen LogP contribution in [0.5, 0.6) is 0 Å². The summed E-state index contributed by atoms with van der Waals surface area (Å²) in [6.45, 7) is 1.92. The Kier molecular flexibility index (Phi) is 6.85. The van der Waals surface area contributed by atoms with Crippen LogP contribution >= 0.6 is 20.2 Å². The first-order chi connectivity index (χ1) is 11.2. The maximum absolute atomic E-state index is 12.8. The average Bonchev–Trinajstić information content (AvgIpc) is 2.56. The van der Waals surface area contributed by atoms with E-state index >= 15 is 0 Å². The fourth-order valence-corrected chi connectivity index (χ4v) is 4.20. The summed E-state index contributed by atoms with van der Waals surface area (Å²) in [6, 6.07) is 23.8. The van der Waals surface area contributed by atoms with E-state index in [4.69, 9.17) is 11.6 Å². The van der Waals surface area contributed by atoms with E-state index in [0.717, 1.165) is 22.0 Å². The van der Waals surface area contributed by atoms with Crippen molar-refractivity contribution in [1.29, 1.82) is 0 Å². The summed E-state index contributed by atoms with van der Waals surface area (Å²) < 4.78 is 0. The Morgan fingerprint density at radius 1 is 0.875 bits per heavy atom. The zero-order chi connectivity index (χ0) is 16.2. The Morgan fingerprint density at radius 3 is 2.25 bits per heavy atom. The average molecular weight is 346 g/mol. The minimum Gasteiger partial charge on any atom is -0.289 e. The summed E-state index contributed by atoms with van der Waals surface area (Å²) in [7, 11) is 0.0495. The van der Waals surface area contributed by atoms with Crippen LogP contribution in [0.2, 0.25) is 5.02 Å². The van der Waals surface area contributed by atoms with Crippen molar-refractivity contribution in [2.75, 3.05) is 0 Å². The molecule has 4 heteroatoms. The van der Waals surface area contributed by atoms with Crippen LogP contribution in [0.15, 0.2) is 72.8 Å². The molecule has 0 bridgehead atoms. The number of hydrogen-bond donors (Lipinski definition) is 0. The normalized spacial score (nSPS) is 10.6. The van der Waals surface area contributed by atoms with E-state index in [9.17, 15) is 4.79 Å². The first-order valence-electron chi connectivity index (χ1n) is 7.38. The van der Waals surface area contributed by atoms with Gasteiger partial charge in [-0.1, -0.05) is 78.3 Å². The number of halogens is 1. The van der Waals surface area contributed by atoms with Gasteiger partial charge in [-0.25, -0.2) is 0 Å². The smallest absolute Gasteiger partial charge is 0.187 e. The van der Waals surface area contributed by atoms with E-state index in [0.29, 0.717) is 10.6 Å². The zero-order valence-electron chi connectivity index (χ0n) is 13.7. The van der Waals surface area contributed by atoms with Crippen LogP contribution in [0.1, 0.15) is 15.9 Å². The van der Waals surface area contributed by atoms with Crippen molar-refractivity contribution in [1.82, 2.24) is 0 Å². The molecule has 0 aromatic heterocycles. The molecule has 3 rings (SSSR count). The summed E-state index contributed by atoms with van der Waals surface area (Å²) in [5.41, 5.74) is 3.86. The number of aryl methyl sites for hydroxylation is 1. The molecule has 0 heterocycles. The van der Waals surface area contributed by atoms with E-state index in [1.165, 1.54) is 0 Å². The molecule has 0 spiro atoms. The number of benzene rings is 3. The SMILES string of the molecule is Cc1cccc(Cl)c1C(=O)Pc1ccccc1-c1ccccc1.[Li]. The molecule has 1 atom stereocenters. The molecule has 0 saturated carbocycles. The van der Waals surface area contributed by atoms with Gasteiger partial charge >= 0.3 is 0 Å². The predicted molar refractivity (Wildman–Crippen MR) is 106 cm³/mol. The Labute approximate surface area is 161 Å². The van der Waals surface area contributed by atoms with Crippen molar-refractivity contribution in [3.8, 4) is 11.1 Å². The fraction of sp³-hybridized carbons (Fsp3) is 0.0500. The molecule has 0 saturated heterocycles. The zero-order valence-corrected chi connectivity index (χ0v) is 15.5. The van der Waals surface area contributed by atoms with Gasteiger partial charge in [-0.15, -0.1) is 0 Å². The first-order valence-corrected chi connectivity index (χ1v) is 8.75. The van der Waals surface area contributed by atoms with Gasteiger partial charge in [-0.2, -0.15) is 0 Å². The minimum absolute atomic E-state index is 0. The summed E-state index contributed by atoms with van der Waals surface area (Å²) >= 11 is 6.23. The largest absolute Gasteiger partial charge is 0.289 e. The predicted octanol–water partition coefficient (Wildman–Crippen LogP) is 5.08. The number of hydrogen-bond acceptors (Lipinski definition) is 1. The van der Waals surface area contributed by atoms with Crippen LogP contribution in [-0.2, 0) is 0 Å². The van der Waals surface area contributed by atoms with Crippen molar-refractivity contribution < 1.29 is 4.79 Å². The van der Waals surface area contributed by atoms with Gasteiger partial charge < -0.3 is 0 Å². The molecule has 24 heavy (non-hydrogen) atoms. The summed E-state index contributed by atoms with van der Waals surface area (Å²) in [5.74, 6) is 0. The minimum atomic E-state index is 0. The van der Waals surface area contributed by atoms with E-state index in [1.54, 1.807) is 6.07 Å². The molecule has 0 aliphatic heterocycles. The molecule has 0 amide bonds. The van der Waals surface area contributed by atoms with Crippen molar-refractivity contribution in [2.24, 2.45) is 0 Å². The fourth-order valence-electron chi connectivity index (χ4n) is 2.57. The third-order valence-corrected chi connectivity index (χ3v) is 5.21. The van der Waals surface area contributed by atoms with Crippen molar-refractivity contribution in [3.63, 3.8) is 0 Å². The quantitative estimate of drug-likeness (QED) is 0.476. The topological polar surface area (TPSA) is 17.1 Å². The van der Waals surface area contributed by atoms with Gasteiger partial charge in [0.05, 0.1) is 5.02 Å². The molecular formula is C20H16ClLiOP. The van der Waals surface area contributed by atoms with Gasteiger partial charge in [0.15, 0.2) is 5.52 Å². The Hall–Kier alpha value is -1.35. The van der Waals surface area contributed by atoms with Gasteiger partial charge in [0.1, 0.15) is 0 Å². The Balaban J connectivity index is 0.00000208. The molecule has 3 aromatic carbocycles. The van der Waals surface area contributed by atoms with Gasteiger partial charge in [0.25, 0.3) is 0 Å². The second-order valence-corrected chi connectivity index (χ2v) is 6.95. The maximum atomic E-state index is 12.8. The number of carbonyl (C=O) groups is 1. The first kappa shape index (κ1) is 19.0. The number of rotatable bonds is 4.